The van der Waals surface area contributed by atoms with Gasteiger partial charge in [0.2, 0.25) is 0 Å². The highest BCUT2D eigenvalue weighted by atomic mass is 19.1. The Hall–Kier alpha value is -2.93. The average Bonchev–Trinajstić information content (AvgIpc) is 3.06. The van der Waals surface area contributed by atoms with Crippen LogP contribution in [0.25, 0.3) is 11.0 Å². The zero-order valence-electron chi connectivity index (χ0n) is 17.7. The molecule has 0 aliphatic carbocycles. The molecule has 0 aliphatic rings. The van der Waals surface area contributed by atoms with Crippen LogP contribution in [-0.4, -0.2) is 35.7 Å². The standard InChI is InChI=1S/C23H28FN3O3/c1-4-5-10-25-23(28)18-13-20-22(27(11-12-29-3)16(2)26-20)21(14-18)30-15-17-6-8-19(24)9-7-17/h6-9,13-14H,4-5,10-12,15H2,1-3H3,(H,25,28). The van der Waals surface area contributed by atoms with Crippen molar-refractivity contribution in [2.24, 2.45) is 0 Å². The molecule has 0 saturated heterocycles. The Bertz CT molecular complexity index is 999. The molecular weight excluding hydrogens is 385 g/mol. The Morgan fingerprint density at radius 3 is 2.70 bits per heavy atom. The zero-order valence-corrected chi connectivity index (χ0v) is 17.7. The van der Waals surface area contributed by atoms with Gasteiger partial charge < -0.3 is 19.4 Å². The van der Waals surface area contributed by atoms with E-state index in [1.54, 1.807) is 31.4 Å². The predicted octanol–water partition coefficient (Wildman–Crippen LogP) is 4.24. The Morgan fingerprint density at radius 1 is 1.23 bits per heavy atom. The molecule has 0 fully saturated rings. The minimum absolute atomic E-state index is 0.152. The number of hydrogen-bond acceptors (Lipinski definition) is 4. The summed E-state index contributed by atoms with van der Waals surface area (Å²) in [6.07, 6.45) is 1.93. The molecule has 0 aliphatic heterocycles. The van der Waals surface area contributed by atoms with Crippen LogP contribution in [0.1, 0.15) is 41.5 Å². The van der Waals surface area contributed by atoms with Gasteiger partial charge in [0.15, 0.2) is 0 Å². The maximum absolute atomic E-state index is 13.2. The smallest absolute Gasteiger partial charge is 0.251 e. The zero-order chi connectivity index (χ0) is 21.5. The normalized spacial score (nSPS) is 11.1. The van der Waals surface area contributed by atoms with E-state index in [-0.39, 0.29) is 18.3 Å². The first-order valence-electron chi connectivity index (χ1n) is 10.2. The van der Waals surface area contributed by atoms with Gasteiger partial charge in [0, 0.05) is 25.8 Å². The molecule has 3 aromatic rings. The molecule has 1 amide bonds. The highest BCUT2D eigenvalue weighted by molar-refractivity contribution is 5.99. The summed E-state index contributed by atoms with van der Waals surface area (Å²) in [4.78, 5) is 17.3. The van der Waals surface area contributed by atoms with Crippen molar-refractivity contribution in [2.45, 2.75) is 39.8 Å². The topological polar surface area (TPSA) is 65.4 Å². The van der Waals surface area contributed by atoms with Crippen LogP contribution in [0.5, 0.6) is 5.75 Å². The van der Waals surface area contributed by atoms with E-state index in [0.717, 1.165) is 29.7 Å². The number of fused-ring (bicyclic) bond motifs is 1. The number of carbonyl (C=O) groups excluding carboxylic acids is 1. The van der Waals surface area contributed by atoms with E-state index in [1.165, 1.54) is 12.1 Å². The minimum Gasteiger partial charge on any atom is -0.487 e. The number of benzene rings is 2. The molecule has 1 N–H and O–H groups in total. The largest absolute Gasteiger partial charge is 0.487 e. The summed E-state index contributed by atoms with van der Waals surface area (Å²) in [6.45, 7) is 6.03. The fourth-order valence-corrected chi connectivity index (χ4v) is 3.27. The molecule has 3 rings (SSSR count). The molecule has 1 heterocycles. The average molecular weight is 413 g/mol. The van der Waals surface area contributed by atoms with Crippen LogP contribution in [0.3, 0.4) is 0 Å². The lowest BCUT2D eigenvalue weighted by Crippen LogP contribution is -2.24. The molecule has 0 saturated carbocycles. The molecule has 0 spiro atoms. The molecule has 6 nitrogen and oxygen atoms in total. The fraction of sp³-hybridized carbons (Fsp3) is 0.391. The summed E-state index contributed by atoms with van der Waals surface area (Å²) in [5, 5.41) is 2.94. The van der Waals surface area contributed by atoms with Crippen molar-refractivity contribution in [3.05, 3.63) is 59.2 Å². The van der Waals surface area contributed by atoms with Crippen LogP contribution >= 0.6 is 0 Å². The number of nitrogens with one attached hydrogen (secondary N) is 1. The number of methoxy groups -OCH3 is 1. The first-order valence-corrected chi connectivity index (χ1v) is 10.2. The quantitative estimate of drug-likeness (QED) is 0.505. The predicted molar refractivity (Wildman–Crippen MR) is 114 cm³/mol. The van der Waals surface area contributed by atoms with Crippen LogP contribution in [0.4, 0.5) is 4.39 Å². The van der Waals surface area contributed by atoms with Crippen LogP contribution in [0.2, 0.25) is 0 Å². The van der Waals surface area contributed by atoms with Gasteiger partial charge in [-0.3, -0.25) is 4.79 Å². The molecular formula is C23H28FN3O3. The van der Waals surface area contributed by atoms with Crippen molar-refractivity contribution in [2.75, 3.05) is 20.3 Å². The van der Waals surface area contributed by atoms with Gasteiger partial charge in [-0.2, -0.15) is 0 Å². The summed E-state index contributed by atoms with van der Waals surface area (Å²) >= 11 is 0. The number of amides is 1. The van der Waals surface area contributed by atoms with E-state index >= 15 is 0 Å². The second-order valence-corrected chi connectivity index (χ2v) is 7.17. The number of hydrogen-bond donors (Lipinski definition) is 1. The maximum Gasteiger partial charge on any atom is 0.251 e. The van der Waals surface area contributed by atoms with Gasteiger partial charge in [-0.25, -0.2) is 9.37 Å². The van der Waals surface area contributed by atoms with Gasteiger partial charge in [0.1, 0.15) is 29.5 Å². The molecule has 0 bridgehead atoms. The van der Waals surface area contributed by atoms with Crippen LogP contribution < -0.4 is 10.1 Å². The summed E-state index contributed by atoms with van der Waals surface area (Å²) < 4.78 is 26.5. The van der Waals surface area contributed by atoms with E-state index in [1.807, 2.05) is 11.5 Å². The lowest BCUT2D eigenvalue weighted by Gasteiger charge is -2.13. The number of carbonyl (C=O) groups is 1. The summed E-state index contributed by atoms with van der Waals surface area (Å²) in [5.74, 6) is 0.938. The number of rotatable bonds is 10. The fourth-order valence-electron chi connectivity index (χ4n) is 3.27. The summed E-state index contributed by atoms with van der Waals surface area (Å²) in [6, 6.07) is 9.70. The highest BCUT2D eigenvalue weighted by Crippen LogP contribution is 2.30. The minimum atomic E-state index is -0.292. The molecule has 2 aromatic carbocycles. The van der Waals surface area contributed by atoms with Crippen molar-refractivity contribution in [3.8, 4) is 5.75 Å². The third-order valence-electron chi connectivity index (χ3n) is 4.90. The number of aryl methyl sites for hydroxylation is 1. The lowest BCUT2D eigenvalue weighted by atomic mass is 10.1. The first-order chi connectivity index (χ1) is 14.5. The summed E-state index contributed by atoms with van der Waals surface area (Å²) in [7, 11) is 1.65. The van der Waals surface area contributed by atoms with E-state index in [4.69, 9.17) is 9.47 Å². The molecule has 0 unspecified atom stereocenters. The third-order valence-corrected chi connectivity index (χ3v) is 4.90. The SMILES string of the molecule is CCCCNC(=O)c1cc(OCc2ccc(F)cc2)c2c(c1)nc(C)n2CCOC. The van der Waals surface area contributed by atoms with Crippen molar-refractivity contribution in [1.29, 1.82) is 0 Å². The van der Waals surface area contributed by atoms with Crippen molar-refractivity contribution in [1.82, 2.24) is 14.9 Å². The van der Waals surface area contributed by atoms with Gasteiger partial charge in [0.05, 0.1) is 12.1 Å². The van der Waals surface area contributed by atoms with Crippen molar-refractivity contribution in [3.63, 3.8) is 0 Å². The van der Waals surface area contributed by atoms with E-state index in [9.17, 15) is 9.18 Å². The number of unbranched alkanes of at least 4 members (excludes halogenated alkanes) is 1. The van der Waals surface area contributed by atoms with Crippen LogP contribution in [-0.2, 0) is 17.9 Å². The highest BCUT2D eigenvalue weighted by Gasteiger charge is 2.17. The Kier molecular flexibility index (Phi) is 7.41. The van der Waals surface area contributed by atoms with Crippen molar-refractivity contribution >= 4 is 16.9 Å². The van der Waals surface area contributed by atoms with Gasteiger partial charge >= 0.3 is 0 Å². The first kappa shape index (κ1) is 21.8. The van der Waals surface area contributed by atoms with Gasteiger partial charge in [-0.15, -0.1) is 0 Å². The maximum atomic E-state index is 13.2. The number of aromatic nitrogens is 2. The monoisotopic (exact) mass is 413 g/mol. The number of imidazole rings is 1. The molecule has 30 heavy (non-hydrogen) atoms. The second-order valence-electron chi connectivity index (χ2n) is 7.17. The molecule has 160 valence electrons. The van der Waals surface area contributed by atoms with Crippen molar-refractivity contribution < 1.29 is 18.7 Å². The van der Waals surface area contributed by atoms with Crippen LogP contribution in [0, 0.1) is 12.7 Å². The third kappa shape index (κ3) is 5.16. The second kappa shape index (κ2) is 10.2. The molecule has 1 aromatic heterocycles. The Morgan fingerprint density at radius 2 is 2.00 bits per heavy atom. The van der Waals surface area contributed by atoms with E-state index in [2.05, 4.69) is 17.2 Å². The lowest BCUT2D eigenvalue weighted by molar-refractivity contribution is 0.0953. The van der Waals surface area contributed by atoms with Gasteiger partial charge in [0.25, 0.3) is 5.91 Å². The van der Waals surface area contributed by atoms with E-state index < -0.39 is 0 Å². The molecule has 0 radical (unpaired) electrons. The van der Waals surface area contributed by atoms with E-state index in [0.29, 0.717) is 36.5 Å². The molecule has 7 heteroatoms. The Balaban J connectivity index is 1.95. The summed E-state index contributed by atoms with van der Waals surface area (Å²) in [5.41, 5.74) is 2.85. The number of ether oxygens (including phenoxy) is 2. The number of halogens is 1. The van der Waals surface area contributed by atoms with Gasteiger partial charge in [-0.1, -0.05) is 25.5 Å². The number of nitrogens with zero attached hydrogens (tertiary/aromatic N) is 2. The van der Waals surface area contributed by atoms with Crippen LogP contribution in [0.15, 0.2) is 36.4 Å². The Labute approximate surface area is 176 Å². The van der Waals surface area contributed by atoms with Gasteiger partial charge in [-0.05, 0) is 43.2 Å². The molecule has 0 atom stereocenters.